The van der Waals surface area contributed by atoms with Crippen LogP contribution in [0.25, 0.3) is 11.4 Å². The second-order valence-electron chi connectivity index (χ2n) is 4.09. The Kier molecular flexibility index (Phi) is 4.11. The summed E-state index contributed by atoms with van der Waals surface area (Å²) < 4.78 is 13.7. The molecule has 2 rings (SSSR count). The van der Waals surface area contributed by atoms with Gasteiger partial charge in [0.1, 0.15) is 11.6 Å². The molecule has 0 spiro atoms. The van der Waals surface area contributed by atoms with Crippen LogP contribution >= 0.6 is 15.9 Å². The van der Waals surface area contributed by atoms with Crippen LogP contribution in [-0.2, 0) is 6.42 Å². The Balaban J connectivity index is 2.62. The number of hydrazine groups is 1. The Morgan fingerprint density at radius 3 is 2.68 bits per heavy atom. The number of aryl methyl sites for hydroxylation is 1. The number of anilines is 1. The molecule has 1 aromatic heterocycles. The number of benzene rings is 1. The quantitative estimate of drug-likeness (QED) is 0.672. The minimum Gasteiger partial charge on any atom is -0.308 e. The zero-order valence-corrected chi connectivity index (χ0v) is 12.3. The fourth-order valence-corrected chi connectivity index (χ4v) is 2.37. The normalized spacial score (nSPS) is 10.6. The summed E-state index contributed by atoms with van der Waals surface area (Å²) in [4.78, 5) is 8.86. The van der Waals surface area contributed by atoms with Crippen LogP contribution in [0.4, 0.5) is 10.2 Å². The maximum atomic E-state index is 13.1. The molecular formula is C13H14BrFN4. The van der Waals surface area contributed by atoms with Crippen molar-refractivity contribution in [1.29, 1.82) is 0 Å². The Labute approximate surface area is 119 Å². The van der Waals surface area contributed by atoms with E-state index in [1.165, 1.54) is 12.1 Å². The molecule has 1 aromatic carbocycles. The molecule has 0 radical (unpaired) electrons. The lowest BCUT2D eigenvalue weighted by molar-refractivity contribution is 0.627. The van der Waals surface area contributed by atoms with Gasteiger partial charge in [0.15, 0.2) is 5.82 Å². The summed E-state index contributed by atoms with van der Waals surface area (Å²) >= 11 is 3.32. The third kappa shape index (κ3) is 2.74. The molecule has 0 amide bonds. The van der Waals surface area contributed by atoms with E-state index >= 15 is 0 Å². The van der Waals surface area contributed by atoms with Crippen LogP contribution in [0.1, 0.15) is 18.2 Å². The summed E-state index contributed by atoms with van der Waals surface area (Å²) in [6, 6.07) is 4.41. The van der Waals surface area contributed by atoms with E-state index in [-0.39, 0.29) is 5.82 Å². The van der Waals surface area contributed by atoms with E-state index in [4.69, 9.17) is 5.84 Å². The average molecular weight is 325 g/mol. The molecule has 0 unspecified atom stereocenters. The lowest BCUT2D eigenvalue weighted by Crippen LogP contribution is -2.13. The van der Waals surface area contributed by atoms with Gasteiger partial charge in [0.05, 0.1) is 0 Å². The fraction of sp³-hybridized carbons (Fsp3) is 0.231. The van der Waals surface area contributed by atoms with E-state index in [0.29, 0.717) is 16.1 Å². The van der Waals surface area contributed by atoms with Crippen molar-refractivity contribution in [2.75, 3.05) is 5.43 Å². The predicted octanol–water partition coefficient (Wildman–Crippen LogP) is 3.20. The van der Waals surface area contributed by atoms with Crippen molar-refractivity contribution in [2.24, 2.45) is 5.84 Å². The molecule has 19 heavy (non-hydrogen) atoms. The minimum absolute atomic E-state index is 0.310. The summed E-state index contributed by atoms with van der Waals surface area (Å²) in [7, 11) is 0. The number of nitrogens with zero attached hydrogens (tertiary/aromatic N) is 2. The maximum Gasteiger partial charge on any atom is 0.162 e. The van der Waals surface area contributed by atoms with Crippen LogP contribution < -0.4 is 11.3 Å². The van der Waals surface area contributed by atoms with Crippen molar-refractivity contribution >= 4 is 21.7 Å². The first-order valence-corrected chi connectivity index (χ1v) is 6.65. The number of hydrogen-bond donors (Lipinski definition) is 2. The first-order chi connectivity index (χ1) is 9.06. The third-order valence-electron chi connectivity index (χ3n) is 2.89. The van der Waals surface area contributed by atoms with Crippen molar-refractivity contribution < 1.29 is 4.39 Å². The van der Waals surface area contributed by atoms with Crippen molar-refractivity contribution in [1.82, 2.24) is 9.97 Å². The summed E-state index contributed by atoms with van der Waals surface area (Å²) in [6.45, 7) is 3.93. The van der Waals surface area contributed by atoms with Crippen molar-refractivity contribution in [2.45, 2.75) is 20.3 Å². The smallest absolute Gasteiger partial charge is 0.162 e. The SMILES string of the molecule is CCc1nc(-c2ccc(F)cc2Br)nc(NN)c1C. The van der Waals surface area contributed by atoms with Gasteiger partial charge in [-0.3, -0.25) is 0 Å². The van der Waals surface area contributed by atoms with E-state index < -0.39 is 0 Å². The van der Waals surface area contributed by atoms with Crippen molar-refractivity contribution in [3.05, 3.63) is 39.7 Å². The van der Waals surface area contributed by atoms with Crippen LogP contribution in [0.2, 0.25) is 0 Å². The summed E-state index contributed by atoms with van der Waals surface area (Å²) in [5.74, 6) is 6.26. The van der Waals surface area contributed by atoms with Gasteiger partial charge < -0.3 is 5.43 Å². The van der Waals surface area contributed by atoms with Gasteiger partial charge in [-0.25, -0.2) is 20.2 Å². The lowest BCUT2D eigenvalue weighted by Gasteiger charge is -2.11. The van der Waals surface area contributed by atoms with E-state index in [9.17, 15) is 4.39 Å². The third-order valence-corrected chi connectivity index (χ3v) is 3.55. The number of nitrogens with one attached hydrogen (secondary N) is 1. The van der Waals surface area contributed by atoms with Gasteiger partial charge in [0.25, 0.3) is 0 Å². The number of aromatic nitrogens is 2. The molecule has 0 aliphatic carbocycles. The molecular weight excluding hydrogens is 311 g/mol. The lowest BCUT2D eigenvalue weighted by atomic mass is 10.1. The highest BCUT2D eigenvalue weighted by molar-refractivity contribution is 9.10. The molecule has 100 valence electrons. The summed E-state index contributed by atoms with van der Waals surface area (Å²) in [5, 5.41) is 0. The number of halogens is 2. The van der Waals surface area contributed by atoms with E-state index in [2.05, 4.69) is 31.3 Å². The molecule has 0 saturated carbocycles. The van der Waals surface area contributed by atoms with E-state index in [0.717, 1.165) is 23.2 Å². The van der Waals surface area contributed by atoms with Crippen molar-refractivity contribution in [3.8, 4) is 11.4 Å². The molecule has 0 aliphatic heterocycles. The van der Waals surface area contributed by atoms with Gasteiger partial charge in [-0.15, -0.1) is 0 Å². The molecule has 0 atom stereocenters. The Morgan fingerprint density at radius 2 is 2.11 bits per heavy atom. The zero-order chi connectivity index (χ0) is 14.0. The molecule has 0 bridgehead atoms. The fourth-order valence-electron chi connectivity index (χ4n) is 1.84. The van der Waals surface area contributed by atoms with Crippen molar-refractivity contribution in [3.63, 3.8) is 0 Å². The zero-order valence-electron chi connectivity index (χ0n) is 10.7. The molecule has 0 saturated heterocycles. The number of nitrogen functional groups attached to an aromatic ring is 1. The molecule has 0 aliphatic rings. The number of rotatable bonds is 3. The van der Waals surface area contributed by atoms with E-state index in [1.54, 1.807) is 6.07 Å². The molecule has 4 nitrogen and oxygen atoms in total. The summed E-state index contributed by atoms with van der Waals surface area (Å²) in [6.07, 6.45) is 0.773. The van der Waals surface area contributed by atoms with Crippen LogP contribution in [0, 0.1) is 12.7 Å². The monoisotopic (exact) mass is 324 g/mol. The van der Waals surface area contributed by atoms with Gasteiger partial charge in [-0.1, -0.05) is 6.92 Å². The largest absolute Gasteiger partial charge is 0.308 e. The first-order valence-electron chi connectivity index (χ1n) is 5.86. The second kappa shape index (κ2) is 5.63. The van der Waals surface area contributed by atoms with Crippen LogP contribution in [0.5, 0.6) is 0 Å². The summed E-state index contributed by atoms with van der Waals surface area (Å²) in [5.41, 5.74) is 5.13. The Hall–Kier alpha value is -1.53. The highest BCUT2D eigenvalue weighted by Gasteiger charge is 2.13. The Morgan fingerprint density at radius 1 is 1.37 bits per heavy atom. The second-order valence-corrected chi connectivity index (χ2v) is 4.94. The van der Waals surface area contributed by atoms with Gasteiger partial charge in [0, 0.05) is 21.3 Å². The molecule has 0 fully saturated rings. The molecule has 6 heteroatoms. The first kappa shape index (κ1) is 13.9. The minimum atomic E-state index is -0.310. The van der Waals surface area contributed by atoms with Crippen LogP contribution in [0.3, 0.4) is 0 Å². The van der Waals surface area contributed by atoms with Gasteiger partial charge in [-0.05, 0) is 47.5 Å². The number of nitrogens with two attached hydrogens (primary N) is 1. The standard InChI is InChI=1S/C13H14BrFN4/c1-3-11-7(2)12(19-16)18-13(17-11)9-5-4-8(15)6-10(9)14/h4-6H,3,16H2,1-2H3,(H,17,18,19). The predicted molar refractivity (Wildman–Crippen MR) is 77.1 cm³/mol. The van der Waals surface area contributed by atoms with Gasteiger partial charge in [0.2, 0.25) is 0 Å². The highest BCUT2D eigenvalue weighted by Crippen LogP contribution is 2.28. The van der Waals surface area contributed by atoms with Crippen LogP contribution in [-0.4, -0.2) is 9.97 Å². The van der Waals surface area contributed by atoms with Gasteiger partial charge >= 0.3 is 0 Å². The Bertz CT molecular complexity index is 591. The van der Waals surface area contributed by atoms with Crippen LogP contribution in [0.15, 0.2) is 22.7 Å². The van der Waals surface area contributed by atoms with Gasteiger partial charge in [-0.2, -0.15) is 0 Å². The number of hydrogen-bond acceptors (Lipinski definition) is 4. The highest BCUT2D eigenvalue weighted by atomic mass is 79.9. The maximum absolute atomic E-state index is 13.1. The molecule has 1 heterocycles. The average Bonchev–Trinajstić information content (AvgIpc) is 2.39. The van der Waals surface area contributed by atoms with E-state index in [1.807, 2.05) is 13.8 Å². The molecule has 3 N–H and O–H groups in total. The molecule has 2 aromatic rings. The topological polar surface area (TPSA) is 63.8 Å².